The van der Waals surface area contributed by atoms with Crippen LogP contribution >= 0.6 is 35.0 Å². The summed E-state index contributed by atoms with van der Waals surface area (Å²) in [6, 6.07) is 11.1. The Labute approximate surface area is 152 Å². The van der Waals surface area contributed by atoms with Crippen molar-refractivity contribution >= 4 is 52.2 Å². The largest absolute Gasteiger partial charge is 0.293 e. The zero-order valence-electron chi connectivity index (χ0n) is 12.1. The predicted molar refractivity (Wildman–Crippen MR) is 94.4 cm³/mol. The highest BCUT2D eigenvalue weighted by Crippen LogP contribution is 2.35. The number of hydrogen-bond acceptors (Lipinski definition) is 3. The molecule has 2 amide bonds. The predicted octanol–water partition coefficient (Wildman–Crippen LogP) is 5.37. The molecule has 2 aromatic rings. The van der Waals surface area contributed by atoms with E-state index in [9.17, 15) is 14.0 Å². The van der Waals surface area contributed by atoms with Gasteiger partial charge in [0.25, 0.3) is 11.1 Å². The van der Waals surface area contributed by atoms with Gasteiger partial charge in [-0.2, -0.15) is 0 Å². The minimum atomic E-state index is -0.549. The van der Waals surface area contributed by atoms with Gasteiger partial charge in [0, 0.05) is 10.6 Å². The second kappa shape index (κ2) is 6.97. The molecule has 0 spiro atoms. The number of imide groups is 1. The van der Waals surface area contributed by atoms with Gasteiger partial charge in [-0.3, -0.25) is 14.5 Å². The van der Waals surface area contributed by atoms with Crippen molar-refractivity contribution in [3.8, 4) is 0 Å². The maximum absolute atomic E-state index is 13.8. The molecule has 0 bridgehead atoms. The van der Waals surface area contributed by atoms with Gasteiger partial charge in [0.15, 0.2) is 0 Å². The minimum Gasteiger partial charge on any atom is -0.268 e. The first-order valence-electron chi connectivity index (χ1n) is 6.89. The number of rotatable bonds is 3. The molecule has 3 nitrogen and oxygen atoms in total. The molecule has 0 aliphatic carbocycles. The summed E-state index contributed by atoms with van der Waals surface area (Å²) in [5.74, 6) is -1.02. The molecule has 2 aromatic carbocycles. The monoisotopic (exact) mass is 381 g/mol. The van der Waals surface area contributed by atoms with Crippen LogP contribution in [0.2, 0.25) is 10.0 Å². The van der Waals surface area contributed by atoms with Crippen LogP contribution in [0.25, 0.3) is 6.08 Å². The molecule has 1 aliphatic heterocycles. The van der Waals surface area contributed by atoms with E-state index in [1.807, 2.05) is 0 Å². The van der Waals surface area contributed by atoms with E-state index < -0.39 is 17.0 Å². The van der Waals surface area contributed by atoms with Gasteiger partial charge in [-0.15, -0.1) is 0 Å². The Bertz CT molecular complexity index is 832. The lowest BCUT2D eigenvalue weighted by atomic mass is 10.2. The van der Waals surface area contributed by atoms with E-state index >= 15 is 0 Å². The summed E-state index contributed by atoms with van der Waals surface area (Å²) in [7, 11) is 0. The van der Waals surface area contributed by atoms with Crippen LogP contribution in [0.1, 0.15) is 11.1 Å². The Morgan fingerprint density at radius 2 is 1.79 bits per heavy atom. The molecule has 1 fully saturated rings. The molecule has 1 saturated heterocycles. The van der Waals surface area contributed by atoms with Crippen molar-refractivity contribution in [1.29, 1.82) is 0 Å². The van der Waals surface area contributed by atoms with E-state index in [4.69, 9.17) is 23.2 Å². The van der Waals surface area contributed by atoms with Gasteiger partial charge in [0.1, 0.15) is 5.82 Å². The molecule has 1 aliphatic rings. The normalized spacial score (nSPS) is 16.3. The third-order valence-corrected chi connectivity index (χ3v) is 4.89. The maximum atomic E-state index is 13.8. The van der Waals surface area contributed by atoms with Crippen molar-refractivity contribution in [3.05, 3.63) is 74.4 Å². The number of nitrogens with zero attached hydrogens (tertiary/aromatic N) is 1. The van der Waals surface area contributed by atoms with Crippen molar-refractivity contribution in [1.82, 2.24) is 4.90 Å². The molecule has 0 N–H and O–H groups in total. The van der Waals surface area contributed by atoms with Gasteiger partial charge >= 0.3 is 0 Å². The van der Waals surface area contributed by atoms with Gasteiger partial charge in [-0.05, 0) is 47.7 Å². The summed E-state index contributed by atoms with van der Waals surface area (Å²) >= 11 is 12.5. The first kappa shape index (κ1) is 17.0. The van der Waals surface area contributed by atoms with Gasteiger partial charge in [0.2, 0.25) is 0 Å². The maximum Gasteiger partial charge on any atom is 0.293 e. The molecule has 0 atom stereocenters. The second-order valence-corrected chi connectivity index (χ2v) is 6.87. The molecule has 0 unspecified atom stereocenters. The summed E-state index contributed by atoms with van der Waals surface area (Å²) in [5.41, 5.74) is 0.864. The Kier molecular flexibility index (Phi) is 4.94. The number of carbonyl (C=O) groups is 2. The third-order valence-electron chi connectivity index (χ3n) is 3.40. The van der Waals surface area contributed by atoms with Crippen LogP contribution in [-0.4, -0.2) is 16.0 Å². The zero-order chi connectivity index (χ0) is 17.3. The molecular weight excluding hydrogens is 372 g/mol. The Morgan fingerprint density at radius 1 is 1.08 bits per heavy atom. The lowest BCUT2D eigenvalue weighted by Gasteiger charge is -2.12. The smallest absolute Gasteiger partial charge is 0.268 e. The molecule has 0 saturated carbocycles. The van der Waals surface area contributed by atoms with Crippen LogP contribution in [0.4, 0.5) is 9.18 Å². The van der Waals surface area contributed by atoms with Crippen LogP contribution in [0.3, 0.4) is 0 Å². The zero-order valence-corrected chi connectivity index (χ0v) is 14.5. The lowest BCUT2D eigenvalue weighted by Crippen LogP contribution is -2.27. The van der Waals surface area contributed by atoms with Gasteiger partial charge in [-0.1, -0.05) is 41.4 Å². The highest BCUT2D eigenvalue weighted by molar-refractivity contribution is 8.18. The van der Waals surface area contributed by atoms with Crippen molar-refractivity contribution in [2.75, 3.05) is 0 Å². The van der Waals surface area contributed by atoms with Gasteiger partial charge in [-0.25, -0.2) is 4.39 Å². The van der Waals surface area contributed by atoms with E-state index in [1.54, 1.807) is 24.3 Å². The number of amides is 2. The SMILES string of the molecule is O=C1SC(=Cc2c(F)cccc2Cl)C(=O)N1Cc1ccc(Cl)cc1. The number of benzene rings is 2. The molecule has 0 aromatic heterocycles. The number of halogens is 3. The lowest BCUT2D eigenvalue weighted by molar-refractivity contribution is -0.123. The molecule has 1 heterocycles. The minimum absolute atomic E-state index is 0.0937. The average molecular weight is 382 g/mol. The fraction of sp³-hybridized carbons (Fsp3) is 0.0588. The fourth-order valence-electron chi connectivity index (χ4n) is 2.19. The Morgan fingerprint density at radius 3 is 2.46 bits per heavy atom. The average Bonchev–Trinajstić information content (AvgIpc) is 2.80. The van der Waals surface area contributed by atoms with Gasteiger partial charge in [0.05, 0.1) is 16.5 Å². The molecule has 122 valence electrons. The highest BCUT2D eigenvalue weighted by Gasteiger charge is 2.35. The van der Waals surface area contributed by atoms with Crippen LogP contribution in [0.15, 0.2) is 47.4 Å². The molecule has 24 heavy (non-hydrogen) atoms. The van der Waals surface area contributed by atoms with Crippen LogP contribution in [0.5, 0.6) is 0 Å². The summed E-state index contributed by atoms with van der Waals surface area (Å²) in [6.45, 7) is 0.129. The highest BCUT2D eigenvalue weighted by atomic mass is 35.5. The van der Waals surface area contributed by atoms with Crippen LogP contribution in [0, 0.1) is 5.82 Å². The van der Waals surface area contributed by atoms with Crippen molar-refractivity contribution < 1.29 is 14.0 Å². The topological polar surface area (TPSA) is 37.4 Å². The Balaban J connectivity index is 1.86. The first-order valence-corrected chi connectivity index (χ1v) is 8.47. The summed E-state index contributed by atoms with van der Waals surface area (Å²) in [6.07, 6.45) is 1.31. The summed E-state index contributed by atoms with van der Waals surface area (Å²) < 4.78 is 13.8. The third kappa shape index (κ3) is 3.48. The van der Waals surface area contributed by atoms with E-state index in [0.29, 0.717) is 5.02 Å². The van der Waals surface area contributed by atoms with Crippen molar-refractivity contribution in [2.45, 2.75) is 6.54 Å². The quantitative estimate of drug-likeness (QED) is 0.670. The molecule has 0 radical (unpaired) electrons. The molecular formula is C17H10Cl2FNO2S. The first-order chi connectivity index (χ1) is 11.5. The summed E-state index contributed by atoms with van der Waals surface area (Å²) in [4.78, 5) is 25.8. The number of carbonyl (C=O) groups excluding carboxylic acids is 2. The summed E-state index contributed by atoms with van der Waals surface area (Å²) in [5, 5.41) is 0.343. The standard InChI is InChI=1S/C17H10Cl2FNO2S/c18-11-6-4-10(5-7-11)9-21-16(22)15(24-17(21)23)8-12-13(19)2-1-3-14(12)20/h1-8H,9H2. The Hall–Kier alpha value is -1.82. The molecule has 7 heteroatoms. The van der Waals surface area contributed by atoms with E-state index in [2.05, 4.69) is 0 Å². The van der Waals surface area contributed by atoms with Crippen LogP contribution < -0.4 is 0 Å². The van der Waals surface area contributed by atoms with Crippen molar-refractivity contribution in [3.63, 3.8) is 0 Å². The number of thioether (sulfide) groups is 1. The van der Waals surface area contributed by atoms with Crippen molar-refractivity contribution in [2.24, 2.45) is 0 Å². The van der Waals surface area contributed by atoms with Crippen LogP contribution in [-0.2, 0) is 11.3 Å². The second-order valence-electron chi connectivity index (χ2n) is 5.03. The van der Waals surface area contributed by atoms with Gasteiger partial charge < -0.3 is 0 Å². The molecule has 3 rings (SSSR count). The fourth-order valence-corrected chi connectivity index (χ4v) is 3.35. The van der Waals surface area contributed by atoms with E-state index in [0.717, 1.165) is 22.2 Å². The number of hydrogen-bond donors (Lipinski definition) is 0. The van der Waals surface area contributed by atoms with E-state index in [1.165, 1.54) is 24.3 Å². The van der Waals surface area contributed by atoms with E-state index in [-0.39, 0.29) is 22.0 Å².